The van der Waals surface area contributed by atoms with Crippen LogP contribution in [0.1, 0.15) is 43.2 Å². The van der Waals surface area contributed by atoms with E-state index in [1.165, 1.54) is 0 Å². The molecule has 4 nitrogen and oxygen atoms in total. The van der Waals surface area contributed by atoms with Crippen LogP contribution in [-0.4, -0.2) is 11.9 Å². The van der Waals surface area contributed by atoms with Crippen molar-refractivity contribution in [3.8, 4) is 6.07 Å². The van der Waals surface area contributed by atoms with Crippen molar-refractivity contribution >= 4 is 11.6 Å². The van der Waals surface area contributed by atoms with E-state index in [0.29, 0.717) is 11.3 Å². The number of amides is 1. The minimum Gasteiger partial charge on any atom is -0.327 e. The van der Waals surface area contributed by atoms with Crippen molar-refractivity contribution in [2.24, 2.45) is 11.7 Å². The number of benzene rings is 1. The first-order chi connectivity index (χ1) is 9.63. The van der Waals surface area contributed by atoms with Crippen molar-refractivity contribution < 1.29 is 4.79 Å². The Balaban J connectivity index is 2.15. The number of nitrogens with one attached hydrogen (secondary N) is 1. The van der Waals surface area contributed by atoms with Crippen LogP contribution < -0.4 is 11.1 Å². The summed E-state index contributed by atoms with van der Waals surface area (Å²) in [6, 6.07) is 7.56. The normalized spacial score (nSPS) is 22.6. The van der Waals surface area contributed by atoms with Crippen LogP contribution in [-0.2, 0) is 4.79 Å². The largest absolute Gasteiger partial charge is 0.327 e. The van der Waals surface area contributed by atoms with Crippen LogP contribution in [0.25, 0.3) is 0 Å². The summed E-state index contributed by atoms with van der Waals surface area (Å²) in [6.07, 6.45) is 5.02. The lowest BCUT2D eigenvalue weighted by Gasteiger charge is -2.21. The fourth-order valence-electron chi connectivity index (χ4n) is 2.81. The maximum Gasteiger partial charge on any atom is 0.229 e. The summed E-state index contributed by atoms with van der Waals surface area (Å²) in [5, 5.41) is 12.1. The highest BCUT2D eigenvalue weighted by Crippen LogP contribution is 2.25. The lowest BCUT2D eigenvalue weighted by molar-refractivity contribution is -0.120. The molecular weight excluding hydrogens is 250 g/mol. The molecule has 1 aliphatic rings. The molecule has 0 spiro atoms. The zero-order chi connectivity index (χ0) is 14.5. The van der Waals surface area contributed by atoms with E-state index in [1.807, 2.05) is 19.1 Å². The molecule has 1 saturated carbocycles. The van der Waals surface area contributed by atoms with E-state index in [9.17, 15) is 10.1 Å². The second kappa shape index (κ2) is 6.53. The molecule has 3 N–H and O–H groups in total. The van der Waals surface area contributed by atoms with Gasteiger partial charge in [0.2, 0.25) is 5.91 Å². The summed E-state index contributed by atoms with van der Waals surface area (Å²) in [7, 11) is 0. The van der Waals surface area contributed by atoms with E-state index in [1.54, 1.807) is 6.07 Å². The standard InChI is InChI=1S/C16H21N3O/c1-11-6-5-9-15(13(11)10-17)19-16(20)12-7-3-2-4-8-14(12)18/h5-6,9,12,14H,2-4,7-8,18H2,1H3,(H,19,20). The maximum absolute atomic E-state index is 12.4. The van der Waals surface area contributed by atoms with Crippen molar-refractivity contribution in [2.75, 3.05) is 5.32 Å². The minimum absolute atomic E-state index is 0.0542. The zero-order valence-corrected chi connectivity index (χ0v) is 11.9. The molecule has 1 aromatic rings. The molecule has 0 aromatic heterocycles. The predicted octanol–water partition coefficient (Wildman–Crippen LogP) is 2.71. The summed E-state index contributed by atoms with van der Waals surface area (Å²) in [6.45, 7) is 1.87. The number of aryl methyl sites for hydroxylation is 1. The van der Waals surface area contributed by atoms with Crippen LogP contribution in [0.5, 0.6) is 0 Å². The average molecular weight is 271 g/mol. The highest BCUT2D eigenvalue weighted by atomic mass is 16.1. The summed E-state index contributed by atoms with van der Waals surface area (Å²) in [4.78, 5) is 12.4. The Morgan fingerprint density at radius 1 is 1.35 bits per heavy atom. The van der Waals surface area contributed by atoms with Gasteiger partial charge in [0.15, 0.2) is 0 Å². The molecule has 0 saturated heterocycles. The molecule has 1 aliphatic carbocycles. The zero-order valence-electron chi connectivity index (χ0n) is 11.9. The van der Waals surface area contributed by atoms with E-state index in [-0.39, 0.29) is 17.9 Å². The van der Waals surface area contributed by atoms with Crippen molar-refractivity contribution in [1.29, 1.82) is 5.26 Å². The topological polar surface area (TPSA) is 78.9 Å². The second-order valence-electron chi connectivity index (χ2n) is 5.51. The molecule has 1 aromatic carbocycles. The SMILES string of the molecule is Cc1cccc(NC(=O)C2CCCCCC2N)c1C#N. The third-order valence-electron chi connectivity index (χ3n) is 4.05. The Kier molecular flexibility index (Phi) is 4.75. The molecule has 2 rings (SSSR count). The first-order valence-corrected chi connectivity index (χ1v) is 7.19. The van der Waals surface area contributed by atoms with Crippen LogP contribution in [0.3, 0.4) is 0 Å². The van der Waals surface area contributed by atoms with Crippen LogP contribution in [0.15, 0.2) is 18.2 Å². The number of rotatable bonds is 2. The van der Waals surface area contributed by atoms with Crippen LogP contribution in [0, 0.1) is 24.2 Å². The van der Waals surface area contributed by atoms with Gasteiger partial charge in [-0.2, -0.15) is 5.26 Å². The fraction of sp³-hybridized carbons (Fsp3) is 0.500. The summed E-state index contributed by atoms with van der Waals surface area (Å²) in [5.41, 5.74) is 8.10. The molecule has 0 heterocycles. The van der Waals surface area contributed by atoms with Crippen molar-refractivity contribution in [3.63, 3.8) is 0 Å². The number of nitriles is 1. The van der Waals surface area contributed by atoms with Gasteiger partial charge in [-0.1, -0.05) is 31.4 Å². The molecule has 2 atom stereocenters. The van der Waals surface area contributed by atoms with Gasteiger partial charge >= 0.3 is 0 Å². The molecular formula is C16H21N3O. The lowest BCUT2D eigenvalue weighted by atomic mass is 9.94. The highest BCUT2D eigenvalue weighted by molar-refractivity contribution is 5.94. The van der Waals surface area contributed by atoms with Crippen molar-refractivity contribution in [3.05, 3.63) is 29.3 Å². The number of nitrogens with two attached hydrogens (primary N) is 1. The molecule has 2 unspecified atom stereocenters. The monoisotopic (exact) mass is 271 g/mol. The van der Waals surface area contributed by atoms with Gasteiger partial charge in [-0.15, -0.1) is 0 Å². The number of hydrogen-bond donors (Lipinski definition) is 2. The Morgan fingerprint density at radius 2 is 2.10 bits per heavy atom. The van der Waals surface area contributed by atoms with E-state index in [0.717, 1.165) is 37.7 Å². The van der Waals surface area contributed by atoms with E-state index >= 15 is 0 Å². The first-order valence-electron chi connectivity index (χ1n) is 7.19. The Hall–Kier alpha value is -1.86. The van der Waals surface area contributed by atoms with Gasteiger partial charge in [0.1, 0.15) is 6.07 Å². The number of carbonyl (C=O) groups is 1. The number of carbonyl (C=O) groups excluding carboxylic acids is 1. The predicted molar refractivity (Wildman–Crippen MR) is 79.1 cm³/mol. The average Bonchev–Trinajstić information content (AvgIpc) is 2.63. The highest BCUT2D eigenvalue weighted by Gasteiger charge is 2.27. The van der Waals surface area contributed by atoms with Crippen molar-refractivity contribution in [2.45, 2.75) is 45.1 Å². The van der Waals surface area contributed by atoms with Gasteiger partial charge in [-0.3, -0.25) is 4.79 Å². The maximum atomic E-state index is 12.4. The molecule has 106 valence electrons. The molecule has 1 fully saturated rings. The minimum atomic E-state index is -0.149. The summed E-state index contributed by atoms with van der Waals surface area (Å²) < 4.78 is 0. The molecule has 4 heteroatoms. The Labute approximate surface area is 120 Å². The summed E-state index contributed by atoms with van der Waals surface area (Å²) in [5.74, 6) is -0.203. The van der Waals surface area contributed by atoms with Crippen LogP contribution in [0.4, 0.5) is 5.69 Å². The number of hydrogen-bond acceptors (Lipinski definition) is 3. The smallest absolute Gasteiger partial charge is 0.229 e. The molecule has 20 heavy (non-hydrogen) atoms. The Bertz CT molecular complexity index is 533. The molecule has 0 bridgehead atoms. The van der Waals surface area contributed by atoms with Gasteiger partial charge in [-0.05, 0) is 31.4 Å². The van der Waals surface area contributed by atoms with Gasteiger partial charge in [0.05, 0.1) is 17.2 Å². The van der Waals surface area contributed by atoms with Gasteiger partial charge < -0.3 is 11.1 Å². The number of anilines is 1. The van der Waals surface area contributed by atoms with E-state index < -0.39 is 0 Å². The number of nitrogens with zero attached hydrogens (tertiary/aromatic N) is 1. The van der Waals surface area contributed by atoms with E-state index in [2.05, 4.69) is 11.4 Å². The second-order valence-corrected chi connectivity index (χ2v) is 5.51. The van der Waals surface area contributed by atoms with Crippen LogP contribution >= 0.6 is 0 Å². The lowest BCUT2D eigenvalue weighted by Crippen LogP contribution is -2.37. The molecule has 1 amide bonds. The molecule has 0 aliphatic heterocycles. The van der Waals surface area contributed by atoms with Crippen molar-refractivity contribution in [1.82, 2.24) is 0 Å². The quantitative estimate of drug-likeness (QED) is 0.812. The fourth-order valence-corrected chi connectivity index (χ4v) is 2.81. The van der Waals surface area contributed by atoms with Gasteiger partial charge in [0, 0.05) is 6.04 Å². The third-order valence-corrected chi connectivity index (χ3v) is 4.05. The molecule has 0 radical (unpaired) electrons. The van der Waals surface area contributed by atoms with E-state index in [4.69, 9.17) is 5.73 Å². The summed E-state index contributed by atoms with van der Waals surface area (Å²) >= 11 is 0. The van der Waals surface area contributed by atoms with Crippen LogP contribution in [0.2, 0.25) is 0 Å². The first kappa shape index (κ1) is 14.5. The third kappa shape index (κ3) is 3.17. The Morgan fingerprint density at radius 3 is 2.85 bits per heavy atom. The van der Waals surface area contributed by atoms with Gasteiger partial charge in [-0.25, -0.2) is 0 Å². The van der Waals surface area contributed by atoms with Gasteiger partial charge in [0.25, 0.3) is 0 Å².